The van der Waals surface area contributed by atoms with Crippen LogP contribution in [0.1, 0.15) is 28.8 Å². The van der Waals surface area contributed by atoms with E-state index >= 15 is 0 Å². The van der Waals surface area contributed by atoms with Gasteiger partial charge in [-0.15, -0.1) is 0 Å². The lowest BCUT2D eigenvalue weighted by Gasteiger charge is -2.20. The van der Waals surface area contributed by atoms with Gasteiger partial charge in [0.1, 0.15) is 6.29 Å². The molecule has 128 valence electrons. The SMILES string of the molecule is CS(=O)(=O)c1cc(C(F)(F)F)ccc1C(=O)C(C#N)(C=O)C1CC1. The highest BCUT2D eigenvalue weighted by Gasteiger charge is 2.52. The number of carbonyl (C=O) groups excluding carboxylic acids is 2. The van der Waals surface area contributed by atoms with Crippen LogP contribution in [0, 0.1) is 22.7 Å². The summed E-state index contributed by atoms with van der Waals surface area (Å²) >= 11 is 0. The van der Waals surface area contributed by atoms with Gasteiger partial charge in [-0.2, -0.15) is 18.4 Å². The highest BCUT2D eigenvalue weighted by atomic mass is 32.2. The van der Waals surface area contributed by atoms with Gasteiger partial charge in [0, 0.05) is 11.8 Å². The van der Waals surface area contributed by atoms with E-state index in [1.54, 1.807) is 6.07 Å². The van der Waals surface area contributed by atoms with Crippen LogP contribution < -0.4 is 0 Å². The Morgan fingerprint density at radius 2 is 1.92 bits per heavy atom. The lowest BCUT2D eigenvalue weighted by Crippen LogP contribution is -2.34. The van der Waals surface area contributed by atoms with Crippen molar-refractivity contribution in [1.29, 1.82) is 5.26 Å². The predicted octanol–water partition coefficient (Wildman–Crippen LogP) is 2.41. The molecule has 1 fully saturated rings. The van der Waals surface area contributed by atoms with E-state index in [1.165, 1.54) is 0 Å². The van der Waals surface area contributed by atoms with Crippen LogP contribution in [0.15, 0.2) is 23.1 Å². The van der Waals surface area contributed by atoms with E-state index in [4.69, 9.17) is 0 Å². The molecule has 0 heterocycles. The zero-order chi connectivity index (χ0) is 18.3. The van der Waals surface area contributed by atoms with E-state index in [9.17, 15) is 36.4 Å². The number of carbonyl (C=O) groups is 2. The largest absolute Gasteiger partial charge is 0.416 e. The number of hydrogen-bond acceptors (Lipinski definition) is 5. The number of halogens is 3. The van der Waals surface area contributed by atoms with E-state index in [2.05, 4.69) is 0 Å². The second-order valence-electron chi connectivity index (χ2n) is 5.68. The third kappa shape index (κ3) is 3.06. The van der Waals surface area contributed by atoms with Gasteiger partial charge in [-0.3, -0.25) is 4.79 Å². The molecule has 0 spiro atoms. The van der Waals surface area contributed by atoms with Crippen molar-refractivity contribution in [2.45, 2.75) is 23.9 Å². The van der Waals surface area contributed by atoms with Crippen LogP contribution in [-0.2, 0) is 20.8 Å². The number of nitrogens with zero attached hydrogens (tertiary/aromatic N) is 1. The van der Waals surface area contributed by atoms with Crippen molar-refractivity contribution in [1.82, 2.24) is 0 Å². The molecule has 0 N–H and O–H groups in total. The number of rotatable bonds is 5. The molecule has 2 rings (SSSR count). The number of nitriles is 1. The molecular formula is C15H12F3NO4S. The molecule has 0 aliphatic heterocycles. The molecule has 5 nitrogen and oxygen atoms in total. The minimum atomic E-state index is -4.80. The van der Waals surface area contributed by atoms with Gasteiger partial charge >= 0.3 is 6.18 Å². The smallest absolute Gasteiger partial charge is 0.301 e. The Bertz CT molecular complexity index is 850. The lowest BCUT2D eigenvalue weighted by molar-refractivity contribution is -0.137. The quantitative estimate of drug-likeness (QED) is 0.457. The van der Waals surface area contributed by atoms with Gasteiger partial charge in [-0.25, -0.2) is 8.42 Å². The zero-order valence-corrected chi connectivity index (χ0v) is 13.2. The molecule has 9 heteroatoms. The Balaban J connectivity index is 2.68. The van der Waals surface area contributed by atoms with Gasteiger partial charge < -0.3 is 4.79 Å². The van der Waals surface area contributed by atoms with Crippen LogP contribution in [0.3, 0.4) is 0 Å². The van der Waals surface area contributed by atoms with Gasteiger partial charge in [-0.1, -0.05) is 0 Å². The van der Waals surface area contributed by atoms with Crippen molar-refractivity contribution >= 4 is 21.9 Å². The second-order valence-corrected chi connectivity index (χ2v) is 7.67. The first-order valence-corrected chi connectivity index (χ1v) is 8.70. The zero-order valence-electron chi connectivity index (χ0n) is 12.4. The van der Waals surface area contributed by atoms with Crippen LogP contribution in [0.4, 0.5) is 13.2 Å². The van der Waals surface area contributed by atoms with Crippen LogP contribution in [0.25, 0.3) is 0 Å². The molecule has 0 radical (unpaired) electrons. The highest BCUT2D eigenvalue weighted by molar-refractivity contribution is 7.90. The molecule has 0 bridgehead atoms. The predicted molar refractivity (Wildman–Crippen MR) is 75.7 cm³/mol. The Hall–Kier alpha value is -2.21. The van der Waals surface area contributed by atoms with Gasteiger partial charge in [-0.05, 0) is 37.0 Å². The van der Waals surface area contributed by atoms with Crippen molar-refractivity contribution in [3.63, 3.8) is 0 Å². The highest BCUT2D eigenvalue weighted by Crippen LogP contribution is 2.46. The Kier molecular flexibility index (Phi) is 4.31. The van der Waals surface area contributed by atoms with Crippen molar-refractivity contribution in [3.8, 4) is 6.07 Å². The molecule has 1 aromatic rings. The summed E-state index contributed by atoms with van der Waals surface area (Å²) in [5.41, 5.74) is -3.88. The molecule has 1 atom stereocenters. The number of sulfone groups is 1. The Morgan fingerprint density at radius 1 is 1.33 bits per heavy atom. The van der Waals surface area contributed by atoms with Gasteiger partial charge in [0.05, 0.1) is 16.5 Å². The van der Waals surface area contributed by atoms with Crippen LogP contribution in [-0.4, -0.2) is 26.7 Å². The van der Waals surface area contributed by atoms with Crippen molar-refractivity contribution in [2.24, 2.45) is 11.3 Å². The van der Waals surface area contributed by atoms with Crippen LogP contribution >= 0.6 is 0 Å². The number of ketones is 1. The molecular weight excluding hydrogens is 347 g/mol. The normalized spacial score (nSPS) is 17.6. The first-order valence-electron chi connectivity index (χ1n) is 6.81. The Morgan fingerprint density at radius 3 is 2.29 bits per heavy atom. The van der Waals surface area contributed by atoms with E-state index in [0.717, 1.165) is 0 Å². The first-order chi connectivity index (χ1) is 11.0. The average Bonchev–Trinajstić information content (AvgIpc) is 3.31. The number of Topliss-reactive ketones (excluding diaryl/α,β-unsaturated/α-hetero) is 1. The van der Waals surface area contributed by atoms with E-state index in [0.29, 0.717) is 37.3 Å². The third-order valence-electron chi connectivity index (χ3n) is 3.92. The van der Waals surface area contributed by atoms with Crippen molar-refractivity contribution in [3.05, 3.63) is 29.3 Å². The van der Waals surface area contributed by atoms with E-state index in [-0.39, 0.29) is 6.29 Å². The molecule has 24 heavy (non-hydrogen) atoms. The fourth-order valence-electron chi connectivity index (χ4n) is 2.46. The van der Waals surface area contributed by atoms with Crippen molar-refractivity contribution in [2.75, 3.05) is 6.26 Å². The summed E-state index contributed by atoms with van der Waals surface area (Å²) in [4.78, 5) is 23.2. The molecule has 0 saturated heterocycles. The molecule has 1 aliphatic carbocycles. The monoisotopic (exact) mass is 359 g/mol. The standard InChI is InChI=1S/C15H12F3NO4S/c1-24(22,23)12-6-10(15(16,17)18)4-5-11(12)13(21)14(7-19,8-20)9-2-3-9/h4-6,8-9H,2-3H2,1H3. The molecule has 0 amide bonds. The minimum Gasteiger partial charge on any atom is -0.301 e. The maximum absolute atomic E-state index is 12.8. The number of aldehydes is 1. The second kappa shape index (κ2) is 5.70. The van der Waals surface area contributed by atoms with Crippen LogP contribution in [0.5, 0.6) is 0 Å². The molecule has 1 saturated carbocycles. The Labute approximate surface area is 136 Å². The molecule has 1 aliphatic rings. The third-order valence-corrected chi connectivity index (χ3v) is 5.06. The van der Waals surface area contributed by atoms with E-state index < -0.39 is 49.2 Å². The lowest BCUT2D eigenvalue weighted by atomic mass is 9.78. The number of hydrogen-bond donors (Lipinski definition) is 0. The maximum Gasteiger partial charge on any atom is 0.416 e. The fraction of sp³-hybridized carbons (Fsp3) is 0.400. The number of benzene rings is 1. The molecule has 1 aromatic carbocycles. The summed E-state index contributed by atoms with van der Waals surface area (Å²) in [6.07, 6.45) is -3.11. The topological polar surface area (TPSA) is 92.1 Å². The van der Waals surface area contributed by atoms with Crippen LogP contribution in [0.2, 0.25) is 0 Å². The summed E-state index contributed by atoms with van der Waals surface area (Å²) in [7, 11) is -4.19. The summed E-state index contributed by atoms with van der Waals surface area (Å²) in [5, 5.41) is 9.26. The maximum atomic E-state index is 12.8. The molecule has 0 aromatic heterocycles. The van der Waals surface area contributed by atoms with E-state index in [1.807, 2.05) is 0 Å². The van der Waals surface area contributed by atoms with Gasteiger partial charge in [0.15, 0.2) is 21.0 Å². The minimum absolute atomic E-state index is 0.150. The summed E-state index contributed by atoms with van der Waals surface area (Å²) in [6.45, 7) is 0. The first kappa shape index (κ1) is 18.1. The van der Waals surface area contributed by atoms with Gasteiger partial charge in [0.2, 0.25) is 0 Å². The molecule has 1 unspecified atom stereocenters. The fourth-order valence-corrected chi connectivity index (χ4v) is 3.36. The summed E-state index contributed by atoms with van der Waals surface area (Å²) in [6, 6.07) is 3.23. The van der Waals surface area contributed by atoms with Crippen molar-refractivity contribution < 1.29 is 31.2 Å². The van der Waals surface area contributed by atoms with Gasteiger partial charge in [0.25, 0.3) is 0 Å². The summed E-state index contributed by atoms with van der Waals surface area (Å²) in [5.74, 6) is -1.64. The summed E-state index contributed by atoms with van der Waals surface area (Å²) < 4.78 is 62.1. The average molecular weight is 359 g/mol. The number of alkyl halides is 3.